The first kappa shape index (κ1) is 12.5. The first-order chi connectivity index (χ1) is 8.39. The van der Waals surface area contributed by atoms with Crippen LogP contribution in [0.25, 0.3) is 0 Å². The fourth-order valence-corrected chi connectivity index (χ4v) is 3.61. The van der Waals surface area contributed by atoms with Crippen molar-refractivity contribution >= 4 is 5.78 Å². The molecule has 0 aromatic rings. The SMILES string of the molecule is CC(=O)[C@@H]1[C@H]2[C@H]3OC(C)(C)O[C@H]3O[C@@H]2CC[C@H]1O. The van der Waals surface area contributed by atoms with Gasteiger partial charge in [-0.05, 0) is 33.6 Å². The van der Waals surface area contributed by atoms with Crippen molar-refractivity contribution in [2.45, 2.75) is 64.0 Å². The van der Waals surface area contributed by atoms with Gasteiger partial charge >= 0.3 is 0 Å². The summed E-state index contributed by atoms with van der Waals surface area (Å²) >= 11 is 0. The highest BCUT2D eigenvalue weighted by Crippen LogP contribution is 2.48. The molecule has 3 rings (SSSR count). The smallest absolute Gasteiger partial charge is 0.187 e. The van der Waals surface area contributed by atoms with Crippen molar-refractivity contribution in [1.29, 1.82) is 0 Å². The maximum atomic E-state index is 11.8. The third-order valence-corrected chi connectivity index (χ3v) is 4.25. The number of hydrogen-bond donors (Lipinski definition) is 1. The van der Waals surface area contributed by atoms with Crippen LogP contribution in [-0.2, 0) is 19.0 Å². The monoisotopic (exact) mass is 256 g/mol. The maximum Gasteiger partial charge on any atom is 0.187 e. The molecule has 5 nitrogen and oxygen atoms in total. The molecule has 0 amide bonds. The first-order valence-electron chi connectivity index (χ1n) is 6.59. The quantitative estimate of drug-likeness (QED) is 0.753. The van der Waals surface area contributed by atoms with Crippen LogP contribution in [-0.4, -0.2) is 41.3 Å². The molecule has 0 aromatic carbocycles. The molecule has 102 valence electrons. The number of rotatable bonds is 1. The van der Waals surface area contributed by atoms with E-state index in [1.54, 1.807) is 0 Å². The van der Waals surface area contributed by atoms with E-state index in [9.17, 15) is 9.90 Å². The number of ether oxygens (including phenoxy) is 3. The summed E-state index contributed by atoms with van der Waals surface area (Å²) in [5, 5.41) is 10.1. The number of aliphatic hydroxyl groups excluding tert-OH is 1. The second-order valence-corrected chi connectivity index (χ2v) is 6.00. The highest BCUT2D eigenvalue weighted by atomic mass is 16.8. The molecule has 0 spiro atoms. The summed E-state index contributed by atoms with van der Waals surface area (Å²) < 4.78 is 17.4. The molecule has 5 heteroatoms. The molecular formula is C13H20O5. The summed E-state index contributed by atoms with van der Waals surface area (Å²) in [6.45, 7) is 5.21. The highest BCUT2D eigenvalue weighted by molar-refractivity contribution is 5.79. The predicted octanol–water partition coefficient (Wildman–Crippen LogP) is 0.839. The van der Waals surface area contributed by atoms with Crippen molar-refractivity contribution in [2.75, 3.05) is 0 Å². The molecule has 0 radical (unpaired) electrons. The van der Waals surface area contributed by atoms with Gasteiger partial charge in [-0.25, -0.2) is 0 Å². The standard InChI is InChI=1S/C13H20O5/c1-6(14)9-7(15)4-5-8-10(9)11-12(16-8)18-13(2,3)17-11/h7-12,15H,4-5H2,1-3H3/t7-,8-,9+,10+,11-,12-/m1/s1. The van der Waals surface area contributed by atoms with E-state index in [1.165, 1.54) is 6.92 Å². The Bertz CT molecular complexity index is 366. The second kappa shape index (κ2) is 4.00. The number of carbonyl (C=O) groups is 1. The summed E-state index contributed by atoms with van der Waals surface area (Å²) in [6, 6.07) is 0. The number of hydrogen-bond acceptors (Lipinski definition) is 5. The Labute approximate surface area is 106 Å². The van der Waals surface area contributed by atoms with Gasteiger partial charge in [0.2, 0.25) is 0 Å². The van der Waals surface area contributed by atoms with Gasteiger partial charge in [-0.3, -0.25) is 4.79 Å². The lowest BCUT2D eigenvalue weighted by molar-refractivity contribution is -0.219. The molecule has 3 aliphatic rings. The van der Waals surface area contributed by atoms with Crippen LogP contribution in [0.1, 0.15) is 33.6 Å². The van der Waals surface area contributed by atoms with E-state index in [0.717, 1.165) is 6.42 Å². The summed E-state index contributed by atoms with van der Waals surface area (Å²) in [4.78, 5) is 11.8. The van der Waals surface area contributed by atoms with E-state index >= 15 is 0 Å². The Morgan fingerprint density at radius 1 is 1.28 bits per heavy atom. The van der Waals surface area contributed by atoms with Crippen LogP contribution in [0.4, 0.5) is 0 Å². The van der Waals surface area contributed by atoms with Gasteiger partial charge in [-0.1, -0.05) is 0 Å². The molecule has 2 saturated heterocycles. The minimum absolute atomic E-state index is 0.00903. The van der Waals surface area contributed by atoms with Crippen molar-refractivity contribution < 1.29 is 24.1 Å². The van der Waals surface area contributed by atoms with Gasteiger partial charge in [0, 0.05) is 5.92 Å². The maximum absolute atomic E-state index is 11.8. The Morgan fingerprint density at radius 3 is 2.67 bits per heavy atom. The Kier molecular flexibility index (Phi) is 2.79. The number of ketones is 1. The third-order valence-electron chi connectivity index (χ3n) is 4.25. The topological polar surface area (TPSA) is 65.0 Å². The average Bonchev–Trinajstić information content (AvgIpc) is 2.70. The number of fused-ring (bicyclic) bond motifs is 3. The van der Waals surface area contributed by atoms with Gasteiger partial charge < -0.3 is 19.3 Å². The van der Waals surface area contributed by atoms with Gasteiger partial charge in [0.1, 0.15) is 11.9 Å². The van der Waals surface area contributed by atoms with Crippen molar-refractivity contribution in [2.24, 2.45) is 11.8 Å². The molecular weight excluding hydrogens is 236 g/mol. The van der Waals surface area contributed by atoms with Crippen molar-refractivity contribution in [3.05, 3.63) is 0 Å². The lowest BCUT2D eigenvalue weighted by Gasteiger charge is -2.37. The molecule has 0 aromatic heterocycles. The largest absolute Gasteiger partial charge is 0.392 e. The Balaban J connectivity index is 1.88. The molecule has 0 unspecified atom stereocenters. The van der Waals surface area contributed by atoms with Crippen LogP contribution in [0, 0.1) is 11.8 Å². The lowest BCUT2D eigenvalue weighted by atomic mass is 9.72. The van der Waals surface area contributed by atoms with Crippen LogP contribution >= 0.6 is 0 Å². The van der Waals surface area contributed by atoms with Crippen molar-refractivity contribution in [3.8, 4) is 0 Å². The summed E-state index contributed by atoms with van der Waals surface area (Å²) in [5.41, 5.74) is 0. The number of Topliss-reactive ketones (excluding diaryl/α,β-unsaturated/α-hetero) is 1. The zero-order valence-corrected chi connectivity index (χ0v) is 11.0. The van der Waals surface area contributed by atoms with Gasteiger partial charge in [0.15, 0.2) is 12.1 Å². The highest BCUT2D eigenvalue weighted by Gasteiger charge is 2.59. The number of aliphatic hydroxyl groups is 1. The first-order valence-corrected chi connectivity index (χ1v) is 6.59. The van der Waals surface area contributed by atoms with Crippen LogP contribution in [0.3, 0.4) is 0 Å². The second-order valence-electron chi connectivity index (χ2n) is 6.00. The molecule has 1 saturated carbocycles. The zero-order chi connectivity index (χ0) is 13.1. The van der Waals surface area contributed by atoms with Gasteiger partial charge in [0.25, 0.3) is 0 Å². The molecule has 1 N–H and O–H groups in total. The van der Waals surface area contributed by atoms with Crippen LogP contribution in [0.15, 0.2) is 0 Å². The molecule has 0 bridgehead atoms. The van der Waals surface area contributed by atoms with E-state index in [0.29, 0.717) is 6.42 Å². The van der Waals surface area contributed by atoms with Gasteiger partial charge in [0.05, 0.1) is 18.1 Å². The van der Waals surface area contributed by atoms with Crippen molar-refractivity contribution in [3.63, 3.8) is 0 Å². The van der Waals surface area contributed by atoms with E-state index in [4.69, 9.17) is 14.2 Å². The Morgan fingerprint density at radius 2 is 2.00 bits per heavy atom. The fraction of sp³-hybridized carbons (Fsp3) is 0.923. The minimum Gasteiger partial charge on any atom is -0.392 e. The average molecular weight is 256 g/mol. The fourth-order valence-electron chi connectivity index (χ4n) is 3.61. The van der Waals surface area contributed by atoms with Gasteiger partial charge in [-0.15, -0.1) is 0 Å². The minimum atomic E-state index is -0.677. The lowest BCUT2D eigenvalue weighted by Crippen LogP contribution is -2.47. The van der Waals surface area contributed by atoms with E-state index in [1.807, 2.05) is 13.8 Å². The number of carbonyl (C=O) groups excluding carboxylic acids is 1. The predicted molar refractivity (Wildman–Crippen MR) is 61.6 cm³/mol. The van der Waals surface area contributed by atoms with Crippen LogP contribution in [0.2, 0.25) is 0 Å². The normalized spacial score (nSPS) is 49.8. The summed E-state index contributed by atoms with van der Waals surface area (Å²) in [5.74, 6) is -1.15. The van der Waals surface area contributed by atoms with Crippen LogP contribution in [0.5, 0.6) is 0 Å². The molecule has 18 heavy (non-hydrogen) atoms. The molecule has 6 atom stereocenters. The molecule has 2 heterocycles. The van der Waals surface area contributed by atoms with Crippen molar-refractivity contribution in [1.82, 2.24) is 0 Å². The Hall–Kier alpha value is -0.490. The summed E-state index contributed by atoms with van der Waals surface area (Å²) in [7, 11) is 0. The molecule has 3 fully saturated rings. The van der Waals surface area contributed by atoms with Crippen LogP contribution < -0.4 is 0 Å². The zero-order valence-electron chi connectivity index (χ0n) is 11.0. The van der Waals surface area contributed by atoms with Gasteiger partial charge in [-0.2, -0.15) is 0 Å². The molecule has 1 aliphatic carbocycles. The van der Waals surface area contributed by atoms with E-state index < -0.39 is 24.1 Å². The summed E-state index contributed by atoms with van der Waals surface area (Å²) in [6.07, 6.45) is 0.104. The third kappa shape index (κ3) is 1.81. The van der Waals surface area contributed by atoms with E-state index in [-0.39, 0.29) is 23.9 Å². The molecule has 2 aliphatic heterocycles. The van der Waals surface area contributed by atoms with E-state index in [2.05, 4.69) is 0 Å².